The molecule has 0 spiro atoms. The van der Waals surface area contributed by atoms with Gasteiger partial charge in [0.25, 0.3) is 5.91 Å². The van der Waals surface area contributed by atoms with Gasteiger partial charge < -0.3 is 5.32 Å². The van der Waals surface area contributed by atoms with E-state index < -0.39 is 9.84 Å². The molecule has 0 bridgehead atoms. The van der Waals surface area contributed by atoms with Crippen LogP contribution in [0.15, 0.2) is 46.0 Å². The van der Waals surface area contributed by atoms with Gasteiger partial charge in [0.05, 0.1) is 15.5 Å². The SMILES string of the molecule is O=C(NCCc1ccsc1)c1cc2c(s1)-c1ccc(Cl)cc1S(=O)(=O)C2. The number of carbonyl (C=O) groups is 1. The van der Waals surface area contributed by atoms with Gasteiger partial charge in [-0.1, -0.05) is 17.7 Å². The van der Waals surface area contributed by atoms with Gasteiger partial charge in [-0.15, -0.1) is 11.3 Å². The van der Waals surface area contributed by atoms with Crippen LogP contribution in [0.4, 0.5) is 0 Å². The van der Waals surface area contributed by atoms with Gasteiger partial charge in [0, 0.05) is 22.0 Å². The number of hydrogen-bond donors (Lipinski definition) is 1. The number of sulfone groups is 1. The van der Waals surface area contributed by atoms with Gasteiger partial charge in [-0.2, -0.15) is 11.3 Å². The summed E-state index contributed by atoms with van der Waals surface area (Å²) in [6, 6.07) is 8.59. The molecule has 2 aromatic heterocycles. The van der Waals surface area contributed by atoms with E-state index in [1.54, 1.807) is 29.5 Å². The number of halogens is 1. The highest BCUT2D eigenvalue weighted by atomic mass is 35.5. The van der Waals surface area contributed by atoms with Crippen LogP contribution >= 0.6 is 34.3 Å². The molecule has 4 nitrogen and oxygen atoms in total. The van der Waals surface area contributed by atoms with Crippen LogP contribution in [0.3, 0.4) is 0 Å². The molecule has 0 aliphatic carbocycles. The van der Waals surface area contributed by atoms with Crippen molar-refractivity contribution in [3.8, 4) is 10.4 Å². The molecule has 0 saturated carbocycles. The van der Waals surface area contributed by atoms with Crippen molar-refractivity contribution in [2.24, 2.45) is 0 Å². The number of nitrogens with one attached hydrogen (secondary N) is 1. The summed E-state index contributed by atoms with van der Waals surface area (Å²) in [4.78, 5) is 14.0. The van der Waals surface area contributed by atoms with Crippen LogP contribution in [-0.4, -0.2) is 20.9 Å². The maximum Gasteiger partial charge on any atom is 0.261 e. The molecule has 3 heterocycles. The van der Waals surface area contributed by atoms with Gasteiger partial charge >= 0.3 is 0 Å². The highest BCUT2D eigenvalue weighted by molar-refractivity contribution is 7.91. The standard InChI is InChI=1S/C18H14ClNO3S3/c19-13-1-2-14-16(8-13)26(22,23)10-12-7-15(25-17(12)14)18(21)20-5-3-11-4-6-24-9-11/h1-2,4,6-9H,3,5,10H2,(H,20,21). The zero-order valence-corrected chi connectivity index (χ0v) is 16.7. The lowest BCUT2D eigenvalue weighted by Crippen LogP contribution is -2.24. The second-order valence-electron chi connectivity index (χ2n) is 6.00. The van der Waals surface area contributed by atoms with Crippen LogP contribution < -0.4 is 5.32 Å². The summed E-state index contributed by atoms with van der Waals surface area (Å²) in [7, 11) is -3.45. The summed E-state index contributed by atoms with van der Waals surface area (Å²) in [5, 5.41) is 7.36. The van der Waals surface area contributed by atoms with Crippen molar-refractivity contribution in [1.82, 2.24) is 5.32 Å². The molecule has 0 saturated heterocycles. The number of thiophene rings is 2. The summed E-state index contributed by atoms with van der Waals surface area (Å²) in [6.45, 7) is 0.544. The number of amides is 1. The highest BCUT2D eigenvalue weighted by Gasteiger charge is 2.31. The lowest BCUT2D eigenvalue weighted by Gasteiger charge is -2.16. The number of carbonyl (C=O) groups excluding carboxylic acids is 1. The smallest absolute Gasteiger partial charge is 0.261 e. The van der Waals surface area contributed by atoms with Crippen LogP contribution in [0.2, 0.25) is 5.02 Å². The zero-order chi connectivity index (χ0) is 18.3. The number of fused-ring (bicyclic) bond motifs is 3. The monoisotopic (exact) mass is 423 g/mol. The lowest BCUT2D eigenvalue weighted by atomic mass is 10.1. The Kier molecular flexibility index (Phi) is 4.64. The normalized spacial score (nSPS) is 14.5. The fourth-order valence-electron chi connectivity index (χ4n) is 2.94. The Labute approximate surface area is 164 Å². The Balaban J connectivity index is 1.59. The van der Waals surface area contributed by atoms with Crippen LogP contribution in [0.5, 0.6) is 0 Å². The van der Waals surface area contributed by atoms with Gasteiger partial charge in [0.1, 0.15) is 0 Å². The summed E-state index contributed by atoms with van der Waals surface area (Å²) in [6.07, 6.45) is 0.774. The third-order valence-corrected chi connectivity index (χ3v) is 8.06. The third kappa shape index (κ3) is 3.32. The molecule has 1 aliphatic heterocycles. The van der Waals surface area contributed by atoms with E-state index in [2.05, 4.69) is 10.7 Å². The molecule has 0 radical (unpaired) electrons. The van der Waals surface area contributed by atoms with Crippen LogP contribution in [0.25, 0.3) is 10.4 Å². The van der Waals surface area contributed by atoms with Gasteiger partial charge in [-0.3, -0.25) is 4.79 Å². The minimum atomic E-state index is -3.45. The van der Waals surface area contributed by atoms with E-state index in [1.807, 2.05) is 11.4 Å². The van der Waals surface area contributed by atoms with Crippen molar-refractivity contribution in [2.45, 2.75) is 17.1 Å². The molecule has 26 heavy (non-hydrogen) atoms. The minimum Gasteiger partial charge on any atom is -0.351 e. The van der Waals surface area contributed by atoms with E-state index >= 15 is 0 Å². The first kappa shape index (κ1) is 17.7. The molecule has 3 aromatic rings. The molecule has 0 atom stereocenters. The van der Waals surface area contributed by atoms with Crippen molar-refractivity contribution in [3.63, 3.8) is 0 Å². The van der Waals surface area contributed by atoms with E-state index in [-0.39, 0.29) is 16.6 Å². The fraction of sp³-hybridized carbons (Fsp3) is 0.167. The first-order valence-corrected chi connectivity index (χ1v) is 11.7. The van der Waals surface area contributed by atoms with Crippen molar-refractivity contribution >= 4 is 50.0 Å². The molecule has 4 rings (SSSR count). The Morgan fingerprint density at radius 1 is 1.23 bits per heavy atom. The van der Waals surface area contributed by atoms with Gasteiger partial charge in [-0.25, -0.2) is 8.42 Å². The summed E-state index contributed by atoms with van der Waals surface area (Å²) < 4.78 is 25.0. The van der Waals surface area contributed by atoms with E-state index in [0.29, 0.717) is 27.6 Å². The van der Waals surface area contributed by atoms with Crippen LogP contribution in [-0.2, 0) is 22.0 Å². The van der Waals surface area contributed by atoms with E-state index in [4.69, 9.17) is 11.6 Å². The largest absolute Gasteiger partial charge is 0.351 e. The molecule has 1 amide bonds. The molecule has 0 unspecified atom stereocenters. The molecule has 8 heteroatoms. The summed E-state index contributed by atoms with van der Waals surface area (Å²) >= 11 is 8.92. The van der Waals surface area contributed by atoms with E-state index in [0.717, 1.165) is 11.3 Å². The first-order valence-electron chi connectivity index (χ1n) is 7.89. The highest BCUT2D eigenvalue weighted by Crippen LogP contribution is 2.43. The quantitative estimate of drug-likeness (QED) is 0.676. The zero-order valence-electron chi connectivity index (χ0n) is 13.5. The van der Waals surface area contributed by atoms with Crippen molar-refractivity contribution in [2.75, 3.05) is 6.54 Å². The Morgan fingerprint density at radius 3 is 2.85 bits per heavy atom. The lowest BCUT2D eigenvalue weighted by molar-refractivity contribution is 0.0958. The molecule has 1 N–H and O–H groups in total. The van der Waals surface area contributed by atoms with E-state index in [9.17, 15) is 13.2 Å². The predicted molar refractivity (Wildman–Crippen MR) is 106 cm³/mol. The second kappa shape index (κ2) is 6.81. The maximum absolute atomic E-state index is 12.5. The van der Waals surface area contributed by atoms with Crippen LogP contribution in [0.1, 0.15) is 20.8 Å². The fourth-order valence-corrected chi connectivity index (χ4v) is 6.78. The Morgan fingerprint density at radius 2 is 2.08 bits per heavy atom. The Hall–Kier alpha value is -1.67. The average molecular weight is 424 g/mol. The van der Waals surface area contributed by atoms with Crippen molar-refractivity contribution in [3.05, 3.63) is 62.1 Å². The molecule has 1 aromatic carbocycles. The number of rotatable bonds is 4. The molecule has 134 valence electrons. The topological polar surface area (TPSA) is 63.2 Å². The van der Waals surface area contributed by atoms with Gasteiger partial charge in [0.15, 0.2) is 9.84 Å². The van der Waals surface area contributed by atoms with Crippen molar-refractivity contribution in [1.29, 1.82) is 0 Å². The third-order valence-electron chi connectivity index (χ3n) is 4.18. The van der Waals surface area contributed by atoms with Gasteiger partial charge in [0.2, 0.25) is 0 Å². The maximum atomic E-state index is 12.5. The minimum absolute atomic E-state index is 0.103. The van der Waals surface area contributed by atoms with E-state index in [1.165, 1.54) is 23.0 Å². The predicted octanol–water partition coefficient (Wildman–Crippen LogP) is 4.39. The molecule has 0 fully saturated rings. The van der Waals surface area contributed by atoms with Gasteiger partial charge in [-0.05, 0) is 52.6 Å². The number of hydrogen-bond acceptors (Lipinski definition) is 5. The molecular weight excluding hydrogens is 410 g/mol. The van der Waals surface area contributed by atoms with Crippen LogP contribution in [0, 0.1) is 0 Å². The second-order valence-corrected chi connectivity index (χ2v) is 10.2. The number of benzene rings is 1. The summed E-state index contributed by atoms with van der Waals surface area (Å²) in [5.41, 5.74) is 2.49. The van der Waals surface area contributed by atoms with Crippen molar-refractivity contribution < 1.29 is 13.2 Å². The molecule has 1 aliphatic rings. The summed E-state index contributed by atoms with van der Waals surface area (Å²) in [5.74, 6) is -0.276. The Bertz CT molecular complexity index is 1090. The first-order chi connectivity index (χ1) is 12.4. The average Bonchev–Trinajstić information content (AvgIpc) is 3.24. The molecular formula is C18H14ClNO3S3.